The molecule has 2 aromatic rings. The molecule has 5 nitrogen and oxygen atoms in total. The SMILES string of the molecule is CN(C)C(=NCc1ccccc1Cn1ccnc1)N(C)C. The van der Waals surface area contributed by atoms with Crippen molar-refractivity contribution in [3.8, 4) is 0 Å². The molecule has 0 unspecified atom stereocenters. The predicted octanol–water partition coefficient (Wildman–Crippen LogP) is 1.91. The first-order valence-electron chi connectivity index (χ1n) is 6.99. The monoisotopic (exact) mass is 285 g/mol. The second-order valence-electron chi connectivity index (χ2n) is 5.41. The van der Waals surface area contributed by atoms with E-state index in [9.17, 15) is 0 Å². The van der Waals surface area contributed by atoms with Crippen molar-refractivity contribution >= 4 is 5.96 Å². The van der Waals surface area contributed by atoms with Crippen molar-refractivity contribution in [2.24, 2.45) is 4.99 Å². The number of nitrogens with zero attached hydrogens (tertiary/aromatic N) is 5. The third-order valence-corrected chi connectivity index (χ3v) is 3.22. The predicted molar refractivity (Wildman–Crippen MR) is 86.3 cm³/mol. The Morgan fingerprint density at radius 2 is 1.76 bits per heavy atom. The molecule has 112 valence electrons. The normalized spacial score (nSPS) is 10.3. The highest BCUT2D eigenvalue weighted by atomic mass is 15.3. The first-order chi connectivity index (χ1) is 10.1. The van der Waals surface area contributed by atoms with Crippen LogP contribution in [0.2, 0.25) is 0 Å². The molecule has 0 atom stereocenters. The van der Waals surface area contributed by atoms with Gasteiger partial charge >= 0.3 is 0 Å². The maximum Gasteiger partial charge on any atom is 0.195 e. The summed E-state index contributed by atoms with van der Waals surface area (Å²) in [7, 11) is 8.04. The van der Waals surface area contributed by atoms with Gasteiger partial charge in [0.25, 0.3) is 0 Å². The molecule has 1 aromatic carbocycles. The number of hydrogen-bond donors (Lipinski definition) is 0. The van der Waals surface area contributed by atoms with Crippen molar-refractivity contribution in [1.29, 1.82) is 0 Å². The topological polar surface area (TPSA) is 36.7 Å². The molecule has 0 bridgehead atoms. The van der Waals surface area contributed by atoms with E-state index in [0.717, 1.165) is 12.5 Å². The van der Waals surface area contributed by atoms with Crippen LogP contribution in [-0.4, -0.2) is 53.5 Å². The molecular weight excluding hydrogens is 262 g/mol. The maximum absolute atomic E-state index is 4.73. The van der Waals surface area contributed by atoms with Gasteiger partial charge in [-0.05, 0) is 11.1 Å². The summed E-state index contributed by atoms with van der Waals surface area (Å²) in [6.45, 7) is 1.50. The molecule has 0 aliphatic rings. The van der Waals surface area contributed by atoms with Gasteiger partial charge in [0.05, 0.1) is 12.9 Å². The van der Waals surface area contributed by atoms with Crippen LogP contribution < -0.4 is 0 Å². The Morgan fingerprint density at radius 3 is 2.33 bits per heavy atom. The number of guanidine groups is 1. The van der Waals surface area contributed by atoms with Crippen molar-refractivity contribution in [3.05, 3.63) is 54.1 Å². The van der Waals surface area contributed by atoms with Gasteiger partial charge in [0, 0.05) is 47.1 Å². The number of aromatic nitrogens is 2. The lowest BCUT2D eigenvalue weighted by molar-refractivity contribution is 0.479. The summed E-state index contributed by atoms with van der Waals surface area (Å²) < 4.78 is 2.07. The lowest BCUT2D eigenvalue weighted by Gasteiger charge is -2.22. The van der Waals surface area contributed by atoms with E-state index in [4.69, 9.17) is 4.99 Å². The second-order valence-corrected chi connectivity index (χ2v) is 5.41. The average molecular weight is 285 g/mol. The highest BCUT2D eigenvalue weighted by Crippen LogP contribution is 2.12. The molecule has 0 spiro atoms. The van der Waals surface area contributed by atoms with Crippen LogP contribution in [0, 0.1) is 0 Å². The molecule has 5 heteroatoms. The van der Waals surface area contributed by atoms with E-state index in [1.807, 2.05) is 50.5 Å². The van der Waals surface area contributed by atoms with Gasteiger partial charge in [-0.15, -0.1) is 0 Å². The summed E-state index contributed by atoms with van der Waals surface area (Å²) in [5.74, 6) is 0.965. The minimum Gasteiger partial charge on any atom is -0.349 e. The van der Waals surface area contributed by atoms with Crippen LogP contribution in [0.15, 0.2) is 48.0 Å². The minimum absolute atomic E-state index is 0.677. The van der Waals surface area contributed by atoms with E-state index in [1.165, 1.54) is 11.1 Å². The zero-order valence-electron chi connectivity index (χ0n) is 13.2. The summed E-state index contributed by atoms with van der Waals surface area (Å²) in [5, 5.41) is 0. The summed E-state index contributed by atoms with van der Waals surface area (Å²) in [4.78, 5) is 12.9. The number of hydrogen-bond acceptors (Lipinski definition) is 2. The Bertz CT molecular complexity index is 574. The van der Waals surface area contributed by atoms with Crippen molar-refractivity contribution < 1.29 is 0 Å². The Hall–Kier alpha value is -2.30. The molecule has 0 saturated carbocycles. The number of benzene rings is 1. The van der Waals surface area contributed by atoms with E-state index < -0.39 is 0 Å². The first-order valence-corrected chi connectivity index (χ1v) is 6.99. The fourth-order valence-electron chi connectivity index (χ4n) is 2.28. The zero-order chi connectivity index (χ0) is 15.2. The number of imidazole rings is 1. The standard InChI is InChI=1S/C16H23N5/c1-19(2)16(20(3)4)18-11-14-7-5-6-8-15(14)12-21-10-9-17-13-21/h5-10,13H,11-12H2,1-4H3. The van der Waals surface area contributed by atoms with E-state index in [1.54, 1.807) is 6.20 Å². The fourth-order valence-corrected chi connectivity index (χ4v) is 2.28. The van der Waals surface area contributed by atoms with Crippen molar-refractivity contribution in [2.75, 3.05) is 28.2 Å². The van der Waals surface area contributed by atoms with Gasteiger partial charge in [-0.3, -0.25) is 0 Å². The van der Waals surface area contributed by atoms with E-state index in [0.29, 0.717) is 6.54 Å². The highest BCUT2D eigenvalue weighted by molar-refractivity contribution is 5.79. The van der Waals surface area contributed by atoms with E-state index in [2.05, 4.69) is 33.8 Å². The lowest BCUT2D eigenvalue weighted by Crippen LogP contribution is -2.35. The smallest absolute Gasteiger partial charge is 0.195 e. The molecule has 0 saturated heterocycles. The van der Waals surface area contributed by atoms with Gasteiger partial charge in [-0.1, -0.05) is 24.3 Å². The minimum atomic E-state index is 0.677. The van der Waals surface area contributed by atoms with Crippen molar-refractivity contribution in [1.82, 2.24) is 19.4 Å². The van der Waals surface area contributed by atoms with Crippen LogP contribution in [0.3, 0.4) is 0 Å². The van der Waals surface area contributed by atoms with Crippen LogP contribution in [0.4, 0.5) is 0 Å². The Labute approximate surface area is 126 Å². The Kier molecular flexibility index (Phi) is 4.98. The molecule has 0 fully saturated rings. The van der Waals surface area contributed by atoms with Gasteiger partial charge in [0.2, 0.25) is 0 Å². The largest absolute Gasteiger partial charge is 0.349 e. The molecule has 0 aliphatic heterocycles. The number of rotatable bonds is 4. The molecule has 0 aliphatic carbocycles. The van der Waals surface area contributed by atoms with Crippen LogP contribution in [-0.2, 0) is 13.1 Å². The third kappa shape index (κ3) is 4.08. The Morgan fingerprint density at radius 1 is 1.10 bits per heavy atom. The van der Waals surface area contributed by atoms with Gasteiger partial charge < -0.3 is 14.4 Å². The number of aliphatic imine (C=N–C) groups is 1. The van der Waals surface area contributed by atoms with Crippen LogP contribution in [0.1, 0.15) is 11.1 Å². The van der Waals surface area contributed by atoms with Gasteiger partial charge in [-0.25, -0.2) is 9.98 Å². The molecule has 0 amide bonds. The summed E-state index contributed by atoms with van der Waals surface area (Å²) in [6, 6.07) is 8.42. The average Bonchev–Trinajstić information content (AvgIpc) is 2.93. The first kappa shape index (κ1) is 15.1. The summed E-state index contributed by atoms with van der Waals surface area (Å²) in [5.41, 5.74) is 2.52. The van der Waals surface area contributed by atoms with Crippen LogP contribution in [0.25, 0.3) is 0 Å². The Balaban J connectivity index is 2.18. The van der Waals surface area contributed by atoms with E-state index in [-0.39, 0.29) is 0 Å². The molecule has 1 aromatic heterocycles. The third-order valence-electron chi connectivity index (χ3n) is 3.22. The maximum atomic E-state index is 4.73. The van der Waals surface area contributed by atoms with Gasteiger partial charge in [0.15, 0.2) is 5.96 Å². The highest BCUT2D eigenvalue weighted by Gasteiger charge is 2.06. The van der Waals surface area contributed by atoms with Gasteiger partial charge in [-0.2, -0.15) is 0 Å². The zero-order valence-corrected chi connectivity index (χ0v) is 13.2. The van der Waals surface area contributed by atoms with Crippen molar-refractivity contribution in [3.63, 3.8) is 0 Å². The molecule has 1 heterocycles. The van der Waals surface area contributed by atoms with E-state index >= 15 is 0 Å². The molecule has 0 radical (unpaired) electrons. The second kappa shape index (κ2) is 6.92. The summed E-state index contributed by atoms with van der Waals surface area (Å²) >= 11 is 0. The summed E-state index contributed by atoms with van der Waals surface area (Å²) in [6.07, 6.45) is 5.62. The fraction of sp³-hybridized carbons (Fsp3) is 0.375. The lowest BCUT2D eigenvalue weighted by atomic mass is 10.1. The molecule has 0 N–H and O–H groups in total. The van der Waals surface area contributed by atoms with Crippen molar-refractivity contribution in [2.45, 2.75) is 13.1 Å². The van der Waals surface area contributed by atoms with Crippen LogP contribution >= 0.6 is 0 Å². The van der Waals surface area contributed by atoms with Crippen LogP contribution in [0.5, 0.6) is 0 Å². The van der Waals surface area contributed by atoms with Gasteiger partial charge in [0.1, 0.15) is 0 Å². The quantitative estimate of drug-likeness (QED) is 0.636. The molecule has 2 rings (SSSR count). The molecular formula is C16H23N5. The molecule has 21 heavy (non-hydrogen) atoms.